The zero-order valence-electron chi connectivity index (χ0n) is 10.1. The van der Waals surface area contributed by atoms with Crippen LogP contribution < -0.4 is 5.32 Å². The van der Waals surface area contributed by atoms with Gasteiger partial charge in [-0.25, -0.2) is 4.98 Å². The number of hydrogen-bond acceptors (Lipinski definition) is 2. The number of aromatic nitrogens is 2. The highest BCUT2D eigenvalue weighted by Gasteiger charge is 1.95. The summed E-state index contributed by atoms with van der Waals surface area (Å²) in [5.41, 5.74) is 1.12. The van der Waals surface area contributed by atoms with Crippen LogP contribution in [0.5, 0.6) is 0 Å². The van der Waals surface area contributed by atoms with E-state index in [0.29, 0.717) is 0 Å². The summed E-state index contributed by atoms with van der Waals surface area (Å²) in [7, 11) is 1.86. The number of pyridine rings is 1. The second-order valence-corrected chi connectivity index (χ2v) is 3.45. The van der Waals surface area contributed by atoms with E-state index in [1.165, 1.54) is 6.42 Å². The number of hydrogen-bond donors (Lipinski definition) is 1. The third-order valence-corrected chi connectivity index (χ3v) is 1.90. The molecule has 16 heavy (non-hydrogen) atoms. The van der Waals surface area contributed by atoms with Crippen LogP contribution in [0.1, 0.15) is 20.3 Å². The Morgan fingerprint density at radius 2 is 1.88 bits per heavy atom. The van der Waals surface area contributed by atoms with E-state index >= 15 is 0 Å². The lowest BCUT2D eigenvalue weighted by Gasteiger charge is -2.04. The lowest BCUT2D eigenvalue weighted by atomic mass is 10.4. The SMILES string of the molecule is CCC.CNc1cc(-n2cccc2)ccn1. The van der Waals surface area contributed by atoms with Crippen LogP contribution in [0.2, 0.25) is 0 Å². The minimum absolute atomic E-state index is 0.881. The molecular weight excluding hydrogens is 198 g/mol. The number of nitrogens with zero attached hydrogens (tertiary/aromatic N) is 2. The summed E-state index contributed by atoms with van der Waals surface area (Å²) in [6, 6.07) is 7.97. The van der Waals surface area contributed by atoms with Crippen molar-refractivity contribution in [3.05, 3.63) is 42.9 Å². The highest BCUT2D eigenvalue weighted by Crippen LogP contribution is 2.10. The Labute approximate surface area is 97.1 Å². The number of rotatable bonds is 2. The van der Waals surface area contributed by atoms with Crippen molar-refractivity contribution in [3.63, 3.8) is 0 Å². The number of anilines is 1. The van der Waals surface area contributed by atoms with E-state index in [-0.39, 0.29) is 0 Å². The van der Waals surface area contributed by atoms with Crippen LogP contribution in [0.25, 0.3) is 5.69 Å². The lowest BCUT2D eigenvalue weighted by Crippen LogP contribution is -1.95. The zero-order chi connectivity index (χ0) is 11.8. The summed E-state index contributed by atoms with van der Waals surface area (Å²) < 4.78 is 2.04. The van der Waals surface area contributed by atoms with Gasteiger partial charge >= 0.3 is 0 Å². The van der Waals surface area contributed by atoms with Crippen LogP contribution in [0.4, 0.5) is 5.82 Å². The Balaban J connectivity index is 0.000000386. The third kappa shape index (κ3) is 3.42. The maximum Gasteiger partial charge on any atom is 0.127 e. The predicted molar refractivity (Wildman–Crippen MR) is 69.1 cm³/mol. The fourth-order valence-electron chi connectivity index (χ4n) is 1.22. The zero-order valence-corrected chi connectivity index (χ0v) is 10.1. The van der Waals surface area contributed by atoms with E-state index in [4.69, 9.17) is 0 Å². The molecule has 2 aromatic heterocycles. The normalized spacial score (nSPS) is 9.19. The fraction of sp³-hybridized carbons (Fsp3) is 0.308. The summed E-state index contributed by atoms with van der Waals surface area (Å²) in [5, 5.41) is 3.00. The molecular formula is C13H19N3. The monoisotopic (exact) mass is 217 g/mol. The second kappa shape index (κ2) is 6.67. The van der Waals surface area contributed by atoms with E-state index in [1.54, 1.807) is 6.20 Å². The Hall–Kier alpha value is -1.77. The summed E-state index contributed by atoms with van der Waals surface area (Å²) >= 11 is 0. The second-order valence-electron chi connectivity index (χ2n) is 3.45. The highest BCUT2D eigenvalue weighted by molar-refractivity contribution is 5.44. The van der Waals surface area contributed by atoms with Crippen molar-refractivity contribution in [3.8, 4) is 5.69 Å². The molecule has 86 valence electrons. The van der Waals surface area contributed by atoms with Crippen LogP contribution in [0, 0.1) is 0 Å². The Morgan fingerprint density at radius 3 is 2.44 bits per heavy atom. The van der Waals surface area contributed by atoms with Crippen LogP contribution in [-0.2, 0) is 0 Å². The molecule has 0 aliphatic heterocycles. The minimum Gasteiger partial charge on any atom is -0.373 e. The molecule has 0 atom stereocenters. The third-order valence-electron chi connectivity index (χ3n) is 1.90. The highest BCUT2D eigenvalue weighted by atomic mass is 15.0. The van der Waals surface area contributed by atoms with Crippen LogP contribution in [-0.4, -0.2) is 16.6 Å². The topological polar surface area (TPSA) is 29.9 Å². The van der Waals surface area contributed by atoms with Gasteiger partial charge in [0.15, 0.2) is 0 Å². The molecule has 0 saturated carbocycles. The van der Waals surface area contributed by atoms with Gasteiger partial charge in [-0.2, -0.15) is 0 Å². The van der Waals surface area contributed by atoms with E-state index in [1.807, 2.05) is 48.3 Å². The largest absolute Gasteiger partial charge is 0.373 e. The molecule has 0 saturated heterocycles. The molecule has 0 bridgehead atoms. The quantitative estimate of drug-likeness (QED) is 0.836. The molecule has 0 amide bonds. The molecule has 3 heteroatoms. The average molecular weight is 217 g/mol. The van der Waals surface area contributed by atoms with E-state index in [0.717, 1.165) is 11.5 Å². The molecule has 0 radical (unpaired) electrons. The van der Waals surface area contributed by atoms with Gasteiger partial charge in [-0.3, -0.25) is 0 Å². The maximum absolute atomic E-state index is 4.14. The van der Waals surface area contributed by atoms with Crippen molar-refractivity contribution in [2.24, 2.45) is 0 Å². The summed E-state index contributed by atoms with van der Waals surface area (Å²) in [6.45, 7) is 4.25. The summed E-state index contributed by atoms with van der Waals surface area (Å²) in [6.07, 6.45) is 7.06. The van der Waals surface area contributed by atoms with Gasteiger partial charge in [-0.05, 0) is 18.2 Å². The fourth-order valence-corrected chi connectivity index (χ4v) is 1.22. The molecule has 2 heterocycles. The molecule has 0 spiro atoms. The van der Waals surface area contributed by atoms with E-state index in [2.05, 4.69) is 24.1 Å². The Kier molecular flexibility index (Phi) is 5.12. The van der Waals surface area contributed by atoms with Gasteiger partial charge in [-0.15, -0.1) is 0 Å². The Morgan fingerprint density at radius 1 is 1.25 bits per heavy atom. The van der Waals surface area contributed by atoms with Crippen molar-refractivity contribution in [1.29, 1.82) is 0 Å². The summed E-state index contributed by atoms with van der Waals surface area (Å²) in [4.78, 5) is 4.14. The van der Waals surface area contributed by atoms with E-state index < -0.39 is 0 Å². The maximum atomic E-state index is 4.14. The molecule has 0 aromatic carbocycles. The first-order valence-corrected chi connectivity index (χ1v) is 5.59. The van der Waals surface area contributed by atoms with Crippen molar-refractivity contribution in [2.45, 2.75) is 20.3 Å². The van der Waals surface area contributed by atoms with Gasteiger partial charge < -0.3 is 9.88 Å². The molecule has 0 unspecified atom stereocenters. The molecule has 3 nitrogen and oxygen atoms in total. The van der Waals surface area contributed by atoms with Crippen molar-refractivity contribution >= 4 is 5.82 Å². The van der Waals surface area contributed by atoms with Crippen molar-refractivity contribution in [1.82, 2.24) is 9.55 Å². The average Bonchev–Trinajstić information content (AvgIpc) is 2.84. The smallest absolute Gasteiger partial charge is 0.127 e. The van der Waals surface area contributed by atoms with Crippen LogP contribution in [0.3, 0.4) is 0 Å². The predicted octanol–water partition coefficient (Wildman–Crippen LogP) is 3.33. The van der Waals surface area contributed by atoms with Crippen LogP contribution >= 0.6 is 0 Å². The molecule has 0 fully saturated rings. The molecule has 1 N–H and O–H groups in total. The molecule has 2 rings (SSSR count). The van der Waals surface area contributed by atoms with Gasteiger partial charge in [0.05, 0.1) is 5.69 Å². The minimum atomic E-state index is 0.881. The standard InChI is InChI=1S/C10H11N3.C3H8/c1-11-10-8-9(4-5-12-10)13-6-2-3-7-13;1-3-2/h2-8H,1H3,(H,11,12);3H2,1-2H3. The Bertz CT molecular complexity index is 393. The van der Waals surface area contributed by atoms with E-state index in [9.17, 15) is 0 Å². The molecule has 0 aliphatic rings. The van der Waals surface area contributed by atoms with Gasteiger partial charge in [0, 0.05) is 31.7 Å². The molecule has 2 aromatic rings. The first-order valence-electron chi connectivity index (χ1n) is 5.59. The van der Waals surface area contributed by atoms with Crippen molar-refractivity contribution in [2.75, 3.05) is 12.4 Å². The van der Waals surface area contributed by atoms with Gasteiger partial charge in [0.1, 0.15) is 5.82 Å². The van der Waals surface area contributed by atoms with Gasteiger partial charge in [0.2, 0.25) is 0 Å². The van der Waals surface area contributed by atoms with Crippen LogP contribution in [0.15, 0.2) is 42.9 Å². The number of nitrogens with one attached hydrogen (secondary N) is 1. The van der Waals surface area contributed by atoms with Gasteiger partial charge in [-0.1, -0.05) is 20.3 Å². The lowest BCUT2D eigenvalue weighted by molar-refractivity contribution is 1.07. The first-order chi connectivity index (χ1) is 7.81. The van der Waals surface area contributed by atoms with Gasteiger partial charge in [0.25, 0.3) is 0 Å². The molecule has 0 aliphatic carbocycles. The first kappa shape index (κ1) is 12.3. The van der Waals surface area contributed by atoms with Crippen molar-refractivity contribution < 1.29 is 0 Å². The summed E-state index contributed by atoms with van der Waals surface area (Å²) in [5.74, 6) is 0.881.